The van der Waals surface area contributed by atoms with E-state index in [4.69, 9.17) is 27.9 Å². The van der Waals surface area contributed by atoms with E-state index < -0.39 is 10.0 Å². The van der Waals surface area contributed by atoms with Gasteiger partial charge in [0.2, 0.25) is 0 Å². The van der Waals surface area contributed by atoms with Crippen molar-refractivity contribution in [3.05, 3.63) is 118 Å². The van der Waals surface area contributed by atoms with Crippen molar-refractivity contribution < 1.29 is 17.9 Å². The lowest BCUT2D eigenvalue weighted by Crippen LogP contribution is -2.30. The van der Waals surface area contributed by atoms with Crippen LogP contribution in [0.15, 0.2) is 102 Å². The number of hydrogen-bond acceptors (Lipinski definition) is 4. The molecule has 1 N–H and O–H groups in total. The zero-order valence-corrected chi connectivity index (χ0v) is 22.2. The molecule has 9 heteroatoms. The predicted octanol–water partition coefficient (Wildman–Crippen LogP) is 6.71. The van der Waals surface area contributed by atoms with Crippen LogP contribution in [0.4, 0.5) is 11.4 Å². The van der Waals surface area contributed by atoms with E-state index >= 15 is 0 Å². The molecule has 0 heterocycles. The van der Waals surface area contributed by atoms with Crippen molar-refractivity contribution in [1.82, 2.24) is 0 Å². The number of amides is 1. The zero-order chi connectivity index (χ0) is 26.4. The van der Waals surface area contributed by atoms with Crippen molar-refractivity contribution >= 4 is 50.5 Å². The van der Waals surface area contributed by atoms with Crippen LogP contribution in [0, 0.1) is 6.92 Å². The first-order valence-electron chi connectivity index (χ1n) is 11.3. The van der Waals surface area contributed by atoms with Crippen LogP contribution in [-0.2, 0) is 21.4 Å². The topological polar surface area (TPSA) is 75.7 Å². The normalized spacial score (nSPS) is 11.1. The molecule has 190 valence electrons. The fourth-order valence-corrected chi connectivity index (χ4v) is 5.20. The minimum atomic E-state index is -3.87. The van der Waals surface area contributed by atoms with E-state index in [-0.39, 0.29) is 24.0 Å². The number of sulfonamides is 1. The van der Waals surface area contributed by atoms with Gasteiger partial charge in [-0.3, -0.25) is 9.10 Å². The second-order valence-electron chi connectivity index (χ2n) is 8.29. The van der Waals surface area contributed by atoms with Crippen molar-refractivity contribution in [3.63, 3.8) is 0 Å². The Morgan fingerprint density at radius 1 is 0.811 bits per heavy atom. The molecule has 0 atom stereocenters. The fraction of sp³-hybridized carbons (Fsp3) is 0.107. The molecule has 4 rings (SSSR count). The summed E-state index contributed by atoms with van der Waals surface area (Å²) >= 11 is 11.9. The first kappa shape index (κ1) is 26.5. The van der Waals surface area contributed by atoms with Gasteiger partial charge in [0.25, 0.3) is 15.9 Å². The van der Waals surface area contributed by atoms with Gasteiger partial charge in [0.05, 0.1) is 17.1 Å². The first-order chi connectivity index (χ1) is 17.7. The van der Waals surface area contributed by atoms with Crippen molar-refractivity contribution in [2.75, 3.05) is 16.2 Å². The number of nitrogens with zero attached hydrogens (tertiary/aromatic N) is 1. The molecule has 0 radical (unpaired) electrons. The molecular formula is C28H24Cl2N2O4S. The molecule has 0 saturated carbocycles. The number of carbonyl (C=O) groups excluding carboxylic acids is 1. The fourth-order valence-electron chi connectivity index (χ4n) is 3.50. The highest BCUT2D eigenvalue weighted by Crippen LogP contribution is 2.28. The monoisotopic (exact) mass is 554 g/mol. The summed E-state index contributed by atoms with van der Waals surface area (Å²) < 4.78 is 34.2. The highest BCUT2D eigenvalue weighted by Gasteiger charge is 2.25. The largest absolute Gasteiger partial charge is 0.484 e. The summed E-state index contributed by atoms with van der Waals surface area (Å²) in [5, 5.41) is 3.86. The zero-order valence-electron chi connectivity index (χ0n) is 19.9. The Morgan fingerprint density at radius 3 is 1.97 bits per heavy atom. The standard InChI is InChI=1S/C28H24Cl2N2O4S/c1-20-2-16-27(17-3-20)37(34,35)32(18-21-4-6-22(29)7-5-21)25-12-14-26(15-13-25)36-19-28(33)31-24-10-8-23(30)9-11-24/h2-17H,18-19H2,1H3,(H,31,33). The van der Waals surface area contributed by atoms with Gasteiger partial charge < -0.3 is 10.1 Å². The summed E-state index contributed by atoms with van der Waals surface area (Å²) in [7, 11) is -3.87. The lowest BCUT2D eigenvalue weighted by molar-refractivity contribution is -0.118. The smallest absolute Gasteiger partial charge is 0.264 e. The number of hydrogen-bond donors (Lipinski definition) is 1. The maximum atomic E-state index is 13.6. The lowest BCUT2D eigenvalue weighted by atomic mass is 10.2. The number of ether oxygens (including phenoxy) is 1. The molecule has 37 heavy (non-hydrogen) atoms. The molecule has 0 spiro atoms. The van der Waals surface area contributed by atoms with Gasteiger partial charge in [-0.2, -0.15) is 0 Å². The van der Waals surface area contributed by atoms with Crippen molar-refractivity contribution in [2.45, 2.75) is 18.4 Å². The SMILES string of the molecule is Cc1ccc(S(=O)(=O)N(Cc2ccc(Cl)cc2)c2ccc(OCC(=O)Nc3ccc(Cl)cc3)cc2)cc1. The molecule has 1 amide bonds. The van der Waals surface area contributed by atoms with Crippen molar-refractivity contribution in [3.8, 4) is 5.75 Å². The molecule has 6 nitrogen and oxygen atoms in total. The van der Waals surface area contributed by atoms with E-state index in [0.29, 0.717) is 27.2 Å². The third-order valence-electron chi connectivity index (χ3n) is 5.47. The Labute approximate surface area is 226 Å². The summed E-state index contributed by atoms with van der Waals surface area (Å²) in [5.41, 5.74) is 2.80. The molecule has 4 aromatic carbocycles. The average molecular weight is 555 g/mol. The van der Waals surface area contributed by atoms with Crippen LogP contribution in [0.3, 0.4) is 0 Å². The number of halogens is 2. The van der Waals surface area contributed by atoms with Gasteiger partial charge in [-0.05, 0) is 85.3 Å². The predicted molar refractivity (Wildman–Crippen MR) is 148 cm³/mol. The third-order valence-corrected chi connectivity index (χ3v) is 7.76. The quantitative estimate of drug-likeness (QED) is 0.249. The molecule has 0 aliphatic carbocycles. The van der Waals surface area contributed by atoms with Crippen molar-refractivity contribution in [2.24, 2.45) is 0 Å². The molecule has 0 unspecified atom stereocenters. The molecule has 0 fully saturated rings. The Kier molecular flexibility index (Phi) is 8.38. The third kappa shape index (κ3) is 7.04. The van der Waals surface area contributed by atoms with Crippen LogP contribution in [-0.4, -0.2) is 20.9 Å². The Balaban J connectivity index is 1.51. The van der Waals surface area contributed by atoms with E-state index in [9.17, 15) is 13.2 Å². The Morgan fingerprint density at radius 2 is 1.38 bits per heavy atom. The lowest BCUT2D eigenvalue weighted by Gasteiger charge is -2.25. The van der Waals surface area contributed by atoms with Crippen LogP contribution in [0.25, 0.3) is 0 Å². The van der Waals surface area contributed by atoms with E-state index in [2.05, 4.69) is 5.32 Å². The summed E-state index contributed by atoms with van der Waals surface area (Å²) in [6.45, 7) is 1.80. The number of benzene rings is 4. The second kappa shape index (κ2) is 11.7. The maximum Gasteiger partial charge on any atom is 0.264 e. The van der Waals surface area contributed by atoms with Gasteiger partial charge in [0.1, 0.15) is 5.75 Å². The molecule has 0 bridgehead atoms. The molecule has 4 aromatic rings. The highest BCUT2D eigenvalue weighted by atomic mass is 35.5. The van der Waals surface area contributed by atoms with E-state index in [1.807, 2.05) is 6.92 Å². The number of anilines is 2. The van der Waals surface area contributed by atoms with Gasteiger partial charge >= 0.3 is 0 Å². The second-order valence-corrected chi connectivity index (χ2v) is 11.0. The van der Waals surface area contributed by atoms with Gasteiger partial charge in [-0.1, -0.05) is 53.0 Å². The molecular weight excluding hydrogens is 531 g/mol. The van der Waals surface area contributed by atoms with E-state index in [0.717, 1.165) is 11.1 Å². The molecule has 0 aliphatic rings. The van der Waals surface area contributed by atoms with Crippen LogP contribution < -0.4 is 14.4 Å². The number of carbonyl (C=O) groups is 1. The average Bonchev–Trinajstić information content (AvgIpc) is 2.89. The summed E-state index contributed by atoms with van der Waals surface area (Å²) in [4.78, 5) is 12.4. The minimum absolute atomic E-state index is 0.108. The number of aryl methyl sites for hydroxylation is 1. The van der Waals surface area contributed by atoms with Gasteiger partial charge in [0.15, 0.2) is 6.61 Å². The summed E-state index contributed by atoms with van der Waals surface area (Å²) in [6, 6.07) is 27.0. The van der Waals surface area contributed by atoms with Crippen LogP contribution in [0.5, 0.6) is 5.75 Å². The Bertz CT molecular complexity index is 1460. The molecule has 0 aromatic heterocycles. The molecule has 0 saturated heterocycles. The summed E-state index contributed by atoms with van der Waals surface area (Å²) in [6.07, 6.45) is 0. The van der Waals surface area contributed by atoms with Crippen LogP contribution in [0.1, 0.15) is 11.1 Å². The van der Waals surface area contributed by atoms with E-state index in [1.165, 1.54) is 4.31 Å². The first-order valence-corrected chi connectivity index (χ1v) is 13.5. The summed E-state index contributed by atoms with van der Waals surface area (Å²) in [5.74, 6) is 0.0897. The van der Waals surface area contributed by atoms with Crippen LogP contribution >= 0.6 is 23.2 Å². The number of nitrogens with one attached hydrogen (secondary N) is 1. The van der Waals surface area contributed by atoms with Gasteiger partial charge in [0, 0.05) is 15.7 Å². The molecule has 0 aliphatic heterocycles. The van der Waals surface area contributed by atoms with E-state index in [1.54, 1.807) is 97.1 Å². The van der Waals surface area contributed by atoms with Gasteiger partial charge in [-0.15, -0.1) is 0 Å². The van der Waals surface area contributed by atoms with Crippen molar-refractivity contribution in [1.29, 1.82) is 0 Å². The Hall–Kier alpha value is -3.52. The highest BCUT2D eigenvalue weighted by molar-refractivity contribution is 7.92. The van der Waals surface area contributed by atoms with Gasteiger partial charge in [-0.25, -0.2) is 8.42 Å². The maximum absolute atomic E-state index is 13.6. The van der Waals surface area contributed by atoms with Crippen LogP contribution in [0.2, 0.25) is 10.0 Å². The number of rotatable bonds is 9. The minimum Gasteiger partial charge on any atom is -0.484 e.